The fourth-order valence-electron chi connectivity index (χ4n) is 1.90. The van der Waals surface area contributed by atoms with Gasteiger partial charge in [-0.2, -0.15) is 0 Å². The lowest BCUT2D eigenvalue weighted by Crippen LogP contribution is -2.21. The van der Waals surface area contributed by atoms with E-state index in [0.29, 0.717) is 6.04 Å². The van der Waals surface area contributed by atoms with E-state index in [9.17, 15) is 0 Å². The minimum Gasteiger partial charge on any atom is -0.310 e. The number of nitrogens with one attached hydrogen (secondary N) is 1. The predicted octanol–water partition coefficient (Wildman–Crippen LogP) is 4.64. The molecular weight excluding hydrogens is 226 g/mol. The maximum atomic E-state index is 3.64. The van der Waals surface area contributed by atoms with Crippen molar-refractivity contribution in [3.63, 3.8) is 0 Å². The van der Waals surface area contributed by atoms with Crippen LogP contribution < -0.4 is 5.32 Å². The Bertz CT molecular complexity index is 312. The van der Waals surface area contributed by atoms with Gasteiger partial charge >= 0.3 is 0 Å². The Labute approximate surface area is 110 Å². The van der Waals surface area contributed by atoms with Crippen LogP contribution in [0.2, 0.25) is 0 Å². The van der Waals surface area contributed by atoms with Crippen LogP contribution in [-0.2, 0) is 0 Å². The summed E-state index contributed by atoms with van der Waals surface area (Å²) in [5.74, 6) is 1.21. The molecule has 0 radical (unpaired) electrons. The molecule has 1 unspecified atom stereocenters. The minimum absolute atomic E-state index is 0.510. The summed E-state index contributed by atoms with van der Waals surface area (Å²) in [5.41, 5.74) is 1.47. The Morgan fingerprint density at radius 1 is 1.12 bits per heavy atom. The van der Waals surface area contributed by atoms with Gasteiger partial charge in [-0.1, -0.05) is 39.0 Å². The first-order valence-electron chi connectivity index (χ1n) is 6.78. The van der Waals surface area contributed by atoms with Crippen LogP contribution in [0.1, 0.15) is 51.6 Å². The van der Waals surface area contributed by atoms with Crippen LogP contribution in [0.3, 0.4) is 0 Å². The third kappa shape index (κ3) is 4.72. The highest BCUT2D eigenvalue weighted by molar-refractivity contribution is 7.99. The molecule has 1 aromatic rings. The predicted molar refractivity (Wildman–Crippen MR) is 78.8 cm³/mol. The summed E-state index contributed by atoms with van der Waals surface area (Å²) >= 11 is 1.98. The van der Waals surface area contributed by atoms with Gasteiger partial charge in [-0.15, -0.1) is 11.8 Å². The number of hydrogen-bond acceptors (Lipinski definition) is 2. The lowest BCUT2D eigenvalue weighted by atomic mass is 10.0. The van der Waals surface area contributed by atoms with Crippen LogP contribution in [0.15, 0.2) is 29.2 Å². The van der Waals surface area contributed by atoms with E-state index >= 15 is 0 Å². The van der Waals surface area contributed by atoms with Crippen LogP contribution in [0.25, 0.3) is 0 Å². The maximum absolute atomic E-state index is 3.64. The molecule has 0 aliphatic carbocycles. The van der Waals surface area contributed by atoms with E-state index in [1.165, 1.54) is 29.1 Å². The van der Waals surface area contributed by atoms with Crippen molar-refractivity contribution in [2.75, 3.05) is 12.3 Å². The summed E-state index contributed by atoms with van der Waals surface area (Å²) in [6, 6.07) is 9.34. The van der Waals surface area contributed by atoms with Gasteiger partial charge in [0.1, 0.15) is 0 Å². The fourth-order valence-corrected chi connectivity index (χ4v) is 2.88. The first-order valence-corrected chi connectivity index (χ1v) is 7.77. The second kappa shape index (κ2) is 8.60. The molecule has 0 spiro atoms. The first kappa shape index (κ1) is 14.6. The Morgan fingerprint density at radius 3 is 2.53 bits per heavy atom. The summed E-state index contributed by atoms with van der Waals surface area (Å²) in [6.07, 6.45) is 3.59. The molecule has 0 amide bonds. The minimum atomic E-state index is 0.510. The van der Waals surface area contributed by atoms with Crippen LogP contribution in [0.4, 0.5) is 0 Å². The Morgan fingerprint density at radius 2 is 1.88 bits per heavy atom. The van der Waals surface area contributed by atoms with Gasteiger partial charge in [-0.05, 0) is 43.2 Å². The van der Waals surface area contributed by atoms with Gasteiger partial charge in [0.15, 0.2) is 0 Å². The molecule has 0 bridgehead atoms. The van der Waals surface area contributed by atoms with E-state index in [-0.39, 0.29) is 0 Å². The van der Waals surface area contributed by atoms with E-state index in [1.807, 2.05) is 11.8 Å². The third-order valence-electron chi connectivity index (χ3n) is 2.81. The molecular formula is C15H25NS. The number of hydrogen-bond donors (Lipinski definition) is 1. The normalized spacial score (nSPS) is 12.6. The molecule has 1 nitrogen and oxygen atoms in total. The number of thioether (sulfide) groups is 1. The highest BCUT2D eigenvalue weighted by Gasteiger charge is 2.12. The van der Waals surface area contributed by atoms with E-state index in [1.54, 1.807) is 0 Å². The van der Waals surface area contributed by atoms with Gasteiger partial charge in [0.2, 0.25) is 0 Å². The zero-order chi connectivity index (χ0) is 12.5. The van der Waals surface area contributed by atoms with Gasteiger partial charge in [0, 0.05) is 10.9 Å². The van der Waals surface area contributed by atoms with Crippen LogP contribution in [-0.4, -0.2) is 12.3 Å². The summed E-state index contributed by atoms with van der Waals surface area (Å²) in [6.45, 7) is 7.82. The molecule has 0 fully saturated rings. The summed E-state index contributed by atoms with van der Waals surface area (Å²) in [5, 5.41) is 3.64. The zero-order valence-electron chi connectivity index (χ0n) is 11.3. The summed E-state index contributed by atoms with van der Waals surface area (Å²) < 4.78 is 0. The number of benzene rings is 1. The molecule has 0 heterocycles. The van der Waals surface area contributed by atoms with Crippen LogP contribution in [0, 0.1) is 0 Å². The van der Waals surface area contributed by atoms with E-state index in [0.717, 1.165) is 13.0 Å². The molecule has 1 rings (SSSR count). The Balaban J connectivity index is 2.77. The van der Waals surface area contributed by atoms with Crippen molar-refractivity contribution in [2.45, 2.75) is 51.0 Å². The van der Waals surface area contributed by atoms with E-state index < -0.39 is 0 Å². The second-order valence-corrected chi connectivity index (χ2v) is 5.44. The monoisotopic (exact) mass is 251 g/mol. The molecule has 0 aromatic heterocycles. The SMILES string of the molecule is CCCNC(CC)c1ccccc1SCCC. The molecule has 1 aromatic carbocycles. The van der Waals surface area contributed by atoms with E-state index in [2.05, 4.69) is 50.4 Å². The van der Waals surface area contributed by atoms with Crippen molar-refractivity contribution in [1.29, 1.82) is 0 Å². The van der Waals surface area contributed by atoms with Crippen molar-refractivity contribution >= 4 is 11.8 Å². The average molecular weight is 251 g/mol. The molecule has 1 N–H and O–H groups in total. The molecule has 2 heteroatoms. The van der Waals surface area contributed by atoms with Gasteiger partial charge in [0.25, 0.3) is 0 Å². The molecule has 0 aliphatic heterocycles. The molecule has 1 atom stereocenters. The van der Waals surface area contributed by atoms with E-state index in [4.69, 9.17) is 0 Å². The van der Waals surface area contributed by atoms with Crippen molar-refractivity contribution in [3.05, 3.63) is 29.8 Å². The quantitative estimate of drug-likeness (QED) is 0.676. The topological polar surface area (TPSA) is 12.0 Å². The first-order chi connectivity index (χ1) is 8.33. The second-order valence-electron chi connectivity index (χ2n) is 4.30. The smallest absolute Gasteiger partial charge is 0.0328 e. The molecule has 17 heavy (non-hydrogen) atoms. The average Bonchev–Trinajstić information content (AvgIpc) is 2.38. The number of rotatable bonds is 8. The highest BCUT2D eigenvalue weighted by Crippen LogP contribution is 2.29. The highest BCUT2D eigenvalue weighted by atomic mass is 32.2. The third-order valence-corrected chi connectivity index (χ3v) is 4.10. The molecule has 0 saturated heterocycles. The Kier molecular flexibility index (Phi) is 7.38. The van der Waals surface area contributed by atoms with Crippen molar-refractivity contribution in [1.82, 2.24) is 5.32 Å². The largest absolute Gasteiger partial charge is 0.310 e. The van der Waals surface area contributed by atoms with Crippen LogP contribution >= 0.6 is 11.8 Å². The molecule has 0 aliphatic rings. The lowest BCUT2D eigenvalue weighted by molar-refractivity contribution is 0.512. The van der Waals surface area contributed by atoms with Crippen LogP contribution in [0.5, 0.6) is 0 Å². The van der Waals surface area contributed by atoms with Gasteiger partial charge < -0.3 is 5.32 Å². The van der Waals surface area contributed by atoms with Gasteiger partial charge in [-0.25, -0.2) is 0 Å². The molecule has 96 valence electrons. The standard InChI is InChI=1S/C15H25NS/c1-4-11-16-14(6-3)13-9-7-8-10-15(13)17-12-5-2/h7-10,14,16H,4-6,11-12H2,1-3H3. The fraction of sp³-hybridized carbons (Fsp3) is 0.600. The summed E-state index contributed by atoms with van der Waals surface area (Å²) in [7, 11) is 0. The maximum Gasteiger partial charge on any atom is 0.0328 e. The Hall–Kier alpha value is -0.470. The van der Waals surface area contributed by atoms with Gasteiger partial charge in [0.05, 0.1) is 0 Å². The molecule has 0 saturated carbocycles. The van der Waals surface area contributed by atoms with Crippen molar-refractivity contribution < 1.29 is 0 Å². The van der Waals surface area contributed by atoms with Crippen molar-refractivity contribution in [3.8, 4) is 0 Å². The summed E-state index contributed by atoms with van der Waals surface area (Å²) in [4.78, 5) is 1.45. The zero-order valence-corrected chi connectivity index (χ0v) is 12.1. The van der Waals surface area contributed by atoms with Gasteiger partial charge in [-0.3, -0.25) is 0 Å². The van der Waals surface area contributed by atoms with Crippen molar-refractivity contribution in [2.24, 2.45) is 0 Å². The lowest BCUT2D eigenvalue weighted by Gasteiger charge is -2.20.